The smallest absolute Gasteiger partial charge is 0.135 e. The molecule has 1 N–H and O–H groups in total. The van der Waals surface area contributed by atoms with Crippen molar-refractivity contribution in [3.63, 3.8) is 0 Å². The minimum atomic E-state index is -0.842. The van der Waals surface area contributed by atoms with E-state index < -0.39 is 6.10 Å². The fraction of sp³-hybridized carbons (Fsp3) is 0.0526. The molecule has 2 heterocycles. The maximum absolute atomic E-state index is 10.8. The van der Waals surface area contributed by atoms with Gasteiger partial charge >= 0.3 is 0 Å². The molecule has 1 aliphatic carbocycles. The molecule has 4 rings (SSSR count). The molecule has 0 aliphatic heterocycles. The summed E-state index contributed by atoms with van der Waals surface area (Å²) in [6.07, 6.45) is 6.15. The highest BCUT2D eigenvalue weighted by Crippen LogP contribution is 2.35. The molecule has 0 fully saturated rings. The van der Waals surface area contributed by atoms with E-state index in [1.54, 1.807) is 24.6 Å². The molecule has 0 radical (unpaired) electrons. The van der Waals surface area contributed by atoms with Gasteiger partial charge in [0.05, 0.1) is 23.6 Å². The molecule has 1 atom stereocenters. The Morgan fingerprint density at radius 2 is 2.04 bits per heavy atom. The number of rotatable bonds is 1. The molecule has 2 aromatic heterocycles. The number of furan rings is 1. The lowest BCUT2D eigenvalue weighted by Gasteiger charge is -2.15. The third-order valence-electron chi connectivity index (χ3n) is 4.01. The van der Waals surface area contributed by atoms with Crippen LogP contribution in [-0.2, 0) is 0 Å². The summed E-state index contributed by atoms with van der Waals surface area (Å²) >= 11 is 0. The maximum Gasteiger partial charge on any atom is 0.135 e. The number of benzene rings is 1. The summed E-state index contributed by atoms with van der Waals surface area (Å²) in [5, 5.41) is 20.1. The summed E-state index contributed by atoms with van der Waals surface area (Å²) in [4.78, 5) is 4.43. The first-order chi connectivity index (χ1) is 11.3. The third kappa shape index (κ3) is 2.15. The summed E-state index contributed by atoms with van der Waals surface area (Å²) in [5.41, 5.74) is 4.17. The number of aliphatic hydroxyl groups is 1. The van der Waals surface area contributed by atoms with Crippen molar-refractivity contribution in [2.75, 3.05) is 0 Å². The first-order valence-corrected chi connectivity index (χ1v) is 7.21. The lowest BCUT2D eigenvalue weighted by Crippen LogP contribution is -2.04. The molecule has 110 valence electrons. The van der Waals surface area contributed by atoms with E-state index in [-0.39, 0.29) is 0 Å². The van der Waals surface area contributed by atoms with Gasteiger partial charge in [0, 0.05) is 17.3 Å². The second-order valence-corrected chi connectivity index (χ2v) is 5.33. The molecular formula is C19H12N2O2. The topological polar surface area (TPSA) is 70.0 Å². The molecule has 1 aromatic carbocycles. The number of pyridine rings is 1. The van der Waals surface area contributed by atoms with E-state index in [1.807, 2.05) is 36.4 Å². The van der Waals surface area contributed by atoms with Gasteiger partial charge in [0.1, 0.15) is 11.9 Å². The zero-order chi connectivity index (χ0) is 15.8. The van der Waals surface area contributed by atoms with Gasteiger partial charge in [0.2, 0.25) is 0 Å². The normalized spacial score (nSPS) is 15.4. The molecule has 0 bridgehead atoms. The van der Waals surface area contributed by atoms with Gasteiger partial charge in [-0.1, -0.05) is 18.2 Å². The van der Waals surface area contributed by atoms with E-state index >= 15 is 0 Å². The number of nitrogens with zero attached hydrogens (tertiary/aromatic N) is 2. The van der Waals surface area contributed by atoms with Crippen molar-refractivity contribution < 1.29 is 9.52 Å². The predicted molar refractivity (Wildman–Crippen MR) is 86.1 cm³/mol. The summed E-state index contributed by atoms with van der Waals surface area (Å²) in [6, 6.07) is 13.1. The number of fused-ring (bicyclic) bond motifs is 2. The van der Waals surface area contributed by atoms with E-state index in [4.69, 9.17) is 4.42 Å². The molecule has 0 amide bonds. The molecule has 4 nitrogen and oxygen atoms in total. The van der Waals surface area contributed by atoms with Gasteiger partial charge < -0.3 is 9.52 Å². The first kappa shape index (κ1) is 13.5. The van der Waals surface area contributed by atoms with Crippen LogP contribution >= 0.6 is 0 Å². The SMILES string of the molecule is N#Cc1cccc2c1C=Cc1ncc(-c3ccco3)cc1C2O. The highest BCUT2D eigenvalue weighted by atomic mass is 16.3. The summed E-state index contributed by atoms with van der Waals surface area (Å²) in [5.74, 6) is 0.701. The summed E-state index contributed by atoms with van der Waals surface area (Å²) in [7, 11) is 0. The van der Waals surface area contributed by atoms with E-state index in [9.17, 15) is 10.4 Å². The highest BCUT2D eigenvalue weighted by Gasteiger charge is 2.22. The Balaban J connectivity index is 1.91. The Hall–Kier alpha value is -3.16. The fourth-order valence-corrected chi connectivity index (χ4v) is 2.86. The van der Waals surface area contributed by atoms with Gasteiger partial charge in [-0.15, -0.1) is 0 Å². The average Bonchev–Trinajstić information content (AvgIpc) is 3.09. The number of hydrogen-bond donors (Lipinski definition) is 1. The van der Waals surface area contributed by atoms with E-state index in [0.717, 1.165) is 11.1 Å². The first-order valence-electron chi connectivity index (χ1n) is 7.21. The third-order valence-corrected chi connectivity index (χ3v) is 4.01. The Kier molecular flexibility index (Phi) is 3.07. The van der Waals surface area contributed by atoms with Crippen molar-refractivity contribution in [3.05, 3.63) is 76.8 Å². The Bertz CT molecular complexity index is 950. The number of aromatic nitrogens is 1. The average molecular weight is 300 g/mol. The van der Waals surface area contributed by atoms with Crippen LogP contribution in [0.15, 0.2) is 53.3 Å². The van der Waals surface area contributed by atoms with Crippen LogP contribution in [0, 0.1) is 11.3 Å². The molecule has 0 saturated carbocycles. The number of nitriles is 1. The monoisotopic (exact) mass is 300 g/mol. The molecule has 1 unspecified atom stereocenters. The van der Waals surface area contributed by atoms with Crippen molar-refractivity contribution in [3.8, 4) is 17.4 Å². The van der Waals surface area contributed by atoms with Crippen LogP contribution < -0.4 is 0 Å². The van der Waals surface area contributed by atoms with Crippen LogP contribution in [0.5, 0.6) is 0 Å². The van der Waals surface area contributed by atoms with E-state index in [1.165, 1.54) is 0 Å². The van der Waals surface area contributed by atoms with Gasteiger partial charge in [-0.25, -0.2) is 0 Å². The largest absolute Gasteiger partial charge is 0.464 e. The predicted octanol–water partition coefficient (Wildman–Crippen LogP) is 3.78. The van der Waals surface area contributed by atoms with Crippen LogP contribution in [0.3, 0.4) is 0 Å². The Morgan fingerprint density at radius 1 is 1.13 bits per heavy atom. The van der Waals surface area contributed by atoms with Crippen molar-refractivity contribution >= 4 is 12.2 Å². The second kappa shape index (κ2) is 5.24. The second-order valence-electron chi connectivity index (χ2n) is 5.33. The van der Waals surface area contributed by atoms with Crippen LogP contribution in [0.2, 0.25) is 0 Å². The van der Waals surface area contributed by atoms with Gasteiger partial charge in [-0.05, 0) is 41.5 Å². The van der Waals surface area contributed by atoms with Crippen LogP contribution in [0.1, 0.15) is 34.1 Å². The van der Waals surface area contributed by atoms with Gasteiger partial charge in [0.15, 0.2) is 0 Å². The van der Waals surface area contributed by atoms with E-state index in [2.05, 4.69) is 11.1 Å². The lowest BCUT2D eigenvalue weighted by atomic mass is 9.95. The van der Waals surface area contributed by atoms with Gasteiger partial charge in [-0.2, -0.15) is 5.26 Å². The Labute approximate surface area is 133 Å². The van der Waals surface area contributed by atoms with Gasteiger partial charge in [-0.3, -0.25) is 4.98 Å². The molecule has 0 spiro atoms. The van der Waals surface area contributed by atoms with Crippen LogP contribution in [-0.4, -0.2) is 10.1 Å². The molecule has 1 aliphatic rings. The van der Waals surface area contributed by atoms with Crippen molar-refractivity contribution in [1.29, 1.82) is 5.26 Å². The van der Waals surface area contributed by atoms with E-state index in [0.29, 0.717) is 28.1 Å². The standard InChI is InChI=1S/C19H12N2O2/c20-10-12-3-1-4-15-14(12)6-7-17-16(19(15)22)9-13(11-21-17)18-5-2-8-23-18/h1-9,11,19,22H. The quantitative estimate of drug-likeness (QED) is 0.742. The molecule has 23 heavy (non-hydrogen) atoms. The summed E-state index contributed by atoms with van der Waals surface area (Å²) < 4.78 is 5.40. The zero-order valence-corrected chi connectivity index (χ0v) is 12.1. The maximum atomic E-state index is 10.8. The van der Waals surface area contributed by atoms with Crippen molar-refractivity contribution in [2.24, 2.45) is 0 Å². The zero-order valence-electron chi connectivity index (χ0n) is 12.1. The lowest BCUT2D eigenvalue weighted by molar-refractivity contribution is 0.219. The number of aliphatic hydroxyl groups excluding tert-OH is 1. The molecular weight excluding hydrogens is 288 g/mol. The molecule has 0 saturated heterocycles. The van der Waals surface area contributed by atoms with Crippen LogP contribution in [0.25, 0.3) is 23.5 Å². The fourth-order valence-electron chi connectivity index (χ4n) is 2.86. The molecule has 4 heteroatoms. The van der Waals surface area contributed by atoms with Crippen LogP contribution in [0.4, 0.5) is 0 Å². The van der Waals surface area contributed by atoms with Crippen molar-refractivity contribution in [2.45, 2.75) is 6.10 Å². The highest BCUT2D eigenvalue weighted by molar-refractivity contribution is 5.78. The van der Waals surface area contributed by atoms with Gasteiger partial charge in [0.25, 0.3) is 0 Å². The van der Waals surface area contributed by atoms with Crippen molar-refractivity contribution in [1.82, 2.24) is 4.98 Å². The number of hydrogen-bond acceptors (Lipinski definition) is 4. The summed E-state index contributed by atoms with van der Waals surface area (Å²) in [6.45, 7) is 0. The minimum Gasteiger partial charge on any atom is -0.464 e. The Morgan fingerprint density at radius 3 is 2.83 bits per heavy atom. The minimum absolute atomic E-state index is 0.539. The molecule has 3 aromatic rings.